The van der Waals surface area contributed by atoms with Gasteiger partial charge in [0.2, 0.25) is 5.91 Å². The molecule has 1 saturated heterocycles. The van der Waals surface area contributed by atoms with Crippen LogP contribution in [-0.4, -0.2) is 55.7 Å². The van der Waals surface area contributed by atoms with E-state index in [0.717, 1.165) is 42.3 Å². The average molecular weight is 399 g/mol. The first-order valence-electron chi connectivity index (χ1n) is 9.29. The molecule has 1 fully saturated rings. The van der Waals surface area contributed by atoms with Crippen LogP contribution in [0, 0.1) is 6.92 Å². The van der Waals surface area contributed by atoms with E-state index >= 15 is 0 Å². The zero-order valence-electron chi connectivity index (χ0n) is 16.3. The van der Waals surface area contributed by atoms with Gasteiger partial charge in [-0.2, -0.15) is 0 Å². The van der Waals surface area contributed by atoms with Crippen LogP contribution in [0.3, 0.4) is 0 Å². The Bertz CT molecular complexity index is 863. The molecule has 0 spiro atoms. The fraction of sp³-hybridized carbons (Fsp3) is 0.333. The Morgan fingerprint density at radius 2 is 1.82 bits per heavy atom. The van der Waals surface area contributed by atoms with Gasteiger partial charge in [-0.25, -0.2) is 0 Å². The molecule has 2 amide bonds. The Hall–Kier alpha value is -2.51. The summed E-state index contributed by atoms with van der Waals surface area (Å²) in [6, 6.07) is 13.3. The normalized spacial score (nSPS) is 14.7. The fourth-order valence-corrected chi connectivity index (χ4v) is 4.05. The third-order valence-corrected chi connectivity index (χ3v) is 5.90. The minimum atomic E-state index is -0.407. The summed E-state index contributed by atoms with van der Waals surface area (Å²) in [6.07, 6.45) is 0. The summed E-state index contributed by atoms with van der Waals surface area (Å²) in [7, 11) is 2.14. The van der Waals surface area contributed by atoms with Crippen molar-refractivity contribution in [2.24, 2.45) is 5.73 Å². The van der Waals surface area contributed by atoms with E-state index in [1.54, 1.807) is 6.07 Å². The fourth-order valence-electron chi connectivity index (χ4n) is 3.26. The van der Waals surface area contributed by atoms with Gasteiger partial charge in [-0.3, -0.25) is 9.59 Å². The van der Waals surface area contributed by atoms with Crippen molar-refractivity contribution in [2.45, 2.75) is 11.8 Å². The molecule has 1 aliphatic rings. The van der Waals surface area contributed by atoms with E-state index in [1.807, 2.05) is 30.3 Å². The highest BCUT2D eigenvalue weighted by atomic mass is 32.2. The largest absolute Gasteiger partial charge is 0.369 e. The van der Waals surface area contributed by atoms with Gasteiger partial charge in [-0.1, -0.05) is 12.1 Å². The number of likely N-dealkylation sites (N-methyl/N-ethyl adjacent to an activating group) is 1. The standard InChI is InChI=1S/C21H26N4O2S/c1-15-13-16(7-8-18(15)25-11-9-24(2)10-12-25)23-21(27)17-5-3-4-6-19(17)28-14-20(22)26/h3-8,13H,9-12,14H2,1-2H3,(H2,22,26)(H,23,27). The number of carbonyl (C=O) groups is 2. The summed E-state index contributed by atoms with van der Waals surface area (Å²) in [4.78, 5) is 29.3. The highest BCUT2D eigenvalue weighted by Gasteiger charge is 2.17. The maximum absolute atomic E-state index is 12.8. The monoisotopic (exact) mass is 398 g/mol. The number of nitrogens with one attached hydrogen (secondary N) is 1. The van der Waals surface area contributed by atoms with Crippen LogP contribution >= 0.6 is 11.8 Å². The predicted octanol–water partition coefficient (Wildman–Crippen LogP) is 2.58. The van der Waals surface area contributed by atoms with Crippen LogP contribution in [0.4, 0.5) is 11.4 Å². The van der Waals surface area contributed by atoms with E-state index < -0.39 is 5.91 Å². The molecule has 3 rings (SSSR count). The van der Waals surface area contributed by atoms with Crippen LogP contribution in [0.5, 0.6) is 0 Å². The predicted molar refractivity (Wildman–Crippen MR) is 115 cm³/mol. The molecule has 6 nitrogen and oxygen atoms in total. The van der Waals surface area contributed by atoms with Gasteiger partial charge in [0.25, 0.3) is 5.91 Å². The number of thioether (sulfide) groups is 1. The van der Waals surface area contributed by atoms with E-state index in [2.05, 4.69) is 35.2 Å². The highest BCUT2D eigenvalue weighted by molar-refractivity contribution is 8.00. The number of hydrogen-bond donors (Lipinski definition) is 2. The molecule has 0 aliphatic carbocycles. The van der Waals surface area contributed by atoms with Crippen LogP contribution in [0.2, 0.25) is 0 Å². The molecular formula is C21H26N4O2S. The molecule has 0 aromatic heterocycles. The number of nitrogens with zero attached hydrogens (tertiary/aromatic N) is 2. The zero-order chi connectivity index (χ0) is 20.1. The summed E-state index contributed by atoms with van der Waals surface area (Å²) in [5.41, 5.74) is 8.87. The lowest BCUT2D eigenvalue weighted by atomic mass is 10.1. The maximum Gasteiger partial charge on any atom is 0.256 e. The van der Waals surface area contributed by atoms with E-state index in [4.69, 9.17) is 5.73 Å². The first-order chi connectivity index (χ1) is 13.4. The number of benzene rings is 2. The van der Waals surface area contributed by atoms with Crippen molar-refractivity contribution in [3.63, 3.8) is 0 Å². The molecule has 0 unspecified atom stereocenters. The third kappa shape index (κ3) is 5.05. The average Bonchev–Trinajstić information content (AvgIpc) is 2.67. The number of rotatable bonds is 6. The Morgan fingerprint density at radius 3 is 2.50 bits per heavy atom. The Balaban J connectivity index is 1.71. The SMILES string of the molecule is Cc1cc(NC(=O)c2ccccc2SCC(N)=O)ccc1N1CCN(C)CC1. The topological polar surface area (TPSA) is 78.7 Å². The quantitative estimate of drug-likeness (QED) is 0.731. The van der Waals surface area contributed by atoms with Gasteiger partial charge in [0.1, 0.15) is 0 Å². The van der Waals surface area contributed by atoms with Crippen molar-refractivity contribution in [2.75, 3.05) is 49.2 Å². The molecule has 0 atom stereocenters. The van der Waals surface area contributed by atoms with Gasteiger partial charge in [-0.15, -0.1) is 11.8 Å². The van der Waals surface area contributed by atoms with Crippen molar-refractivity contribution in [1.29, 1.82) is 0 Å². The number of aryl methyl sites for hydroxylation is 1. The first kappa shape index (κ1) is 20.2. The molecule has 0 saturated carbocycles. The van der Waals surface area contributed by atoms with Crippen LogP contribution in [0.15, 0.2) is 47.4 Å². The number of hydrogen-bond acceptors (Lipinski definition) is 5. The second kappa shape index (κ2) is 9.12. The minimum absolute atomic E-state index is 0.142. The lowest BCUT2D eigenvalue weighted by Crippen LogP contribution is -2.44. The van der Waals surface area contributed by atoms with Crippen molar-refractivity contribution in [3.8, 4) is 0 Å². The van der Waals surface area contributed by atoms with E-state index in [-0.39, 0.29) is 11.7 Å². The summed E-state index contributed by atoms with van der Waals surface area (Å²) in [5.74, 6) is -0.460. The second-order valence-electron chi connectivity index (χ2n) is 7.00. The summed E-state index contributed by atoms with van der Waals surface area (Å²) in [5, 5.41) is 2.97. The first-order valence-corrected chi connectivity index (χ1v) is 10.3. The Kier molecular flexibility index (Phi) is 6.59. The molecule has 7 heteroatoms. The molecule has 2 aromatic carbocycles. The van der Waals surface area contributed by atoms with Gasteiger partial charge < -0.3 is 20.9 Å². The van der Waals surface area contributed by atoms with E-state index in [9.17, 15) is 9.59 Å². The number of primary amides is 1. The lowest BCUT2D eigenvalue weighted by molar-refractivity contribution is -0.115. The molecule has 148 valence electrons. The third-order valence-electron chi connectivity index (χ3n) is 4.80. The lowest BCUT2D eigenvalue weighted by Gasteiger charge is -2.35. The van der Waals surface area contributed by atoms with Gasteiger partial charge in [0, 0.05) is 42.4 Å². The summed E-state index contributed by atoms with van der Waals surface area (Å²) >= 11 is 1.27. The molecular weight excluding hydrogens is 372 g/mol. The second-order valence-corrected chi connectivity index (χ2v) is 8.01. The van der Waals surface area contributed by atoms with Gasteiger partial charge in [0.15, 0.2) is 0 Å². The number of carbonyl (C=O) groups excluding carboxylic acids is 2. The van der Waals surface area contributed by atoms with Crippen molar-refractivity contribution >= 4 is 35.0 Å². The van der Waals surface area contributed by atoms with E-state index in [0.29, 0.717) is 5.56 Å². The number of piperazine rings is 1. The number of anilines is 2. The molecule has 2 aromatic rings. The Labute approximate surface area is 170 Å². The highest BCUT2D eigenvalue weighted by Crippen LogP contribution is 2.26. The minimum Gasteiger partial charge on any atom is -0.369 e. The molecule has 28 heavy (non-hydrogen) atoms. The Morgan fingerprint density at radius 1 is 1.11 bits per heavy atom. The molecule has 0 bridgehead atoms. The van der Waals surface area contributed by atoms with Crippen LogP contribution in [0.1, 0.15) is 15.9 Å². The van der Waals surface area contributed by atoms with Crippen LogP contribution < -0.4 is 16.0 Å². The number of nitrogens with two attached hydrogens (primary N) is 1. The van der Waals surface area contributed by atoms with Crippen molar-refractivity contribution in [1.82, 2.24) is 4.90 Å². The van der Waals surface area contributed by atoms with Crippen molar-refractivity contribution in [3.05, 3.63) is 53.6 Å². The molecule has 0 radical (unpaired) electrons. The van der Waals surface area contributed by atoms with Crippen molar-refractivity contribution < 1.29 is 9.59 Å². The smallest absolute Gasteiger partial charge is 0.256 e. The van der Waals surface area contributed by atoms with Crippen LogP contribution in [-0.2, 0) is 4.79 Å². The molecule has 1 aliphatic heterocycles. The summed E-state index contributed by atoms with van der Waals surface area (Å²) in [6.45, 7) is 6.19. The summed E-state index contributed by atoms with van der Waals surface area (Å²) < 4.78 is 0. The molecule has 3 N–H and O–H groups in total. The zero-order valence-corrected chi connectivity index (χ0v) is 17.1. The number of amides is 2. The maximum atomic E-state index is 12.8. The van der Waals surface area contributed by atoms with Gasteiger partial charge >= 0.3 is 0 Å². The van der Waals surface area contributed by atoms with E-state index in [1.165, 1.54) is 17.4 Å². The van der Waals surface area contributed by atoms with Gasteiger partial charge in [0.05, 0.1) is 11.3 Å². The molecule has 1 heterocycles. The van der Waals surface area contributed by atoms with Crippen LogP contribution in [0.25, 0.3) is 0 Å². The van der Waals surface area contributed by atoms with Gasteiger partial charge in [-0.05, 0) is 49.9 Å².